The van der Waals surface area contributed by atoms with Gasteiger partial charge in [-0.05, 0) is 78.5 Å². The first-order valence-electron chi connectivity index (χ1n) is 12.3. The van der Waals surface area contributed by atoms with Gasteiger partial charge >= 0.3 is 19.5 Å². The van der Waals surface area contributed by atoms with Crippen molar-refractivity contribution in [3.8, 4) is 17.2 Å². The van der Waals surface area contributed by atoms with Crippen LogP contribution in [0.25, 0.3) is 16.0 Å². The fraction of sp³-hybridized carbons (Fsp3) is 0.133. The molecule has 2 N–H and O–H groups in total. The van der Waals surface area contributed by atoms with Gasteiger partial charge in [-0.2, -0.15) is 31.6 Å². The standard InChI is InChI=1S/C15H8F5N.C8H8BF3O2.C7H2BrF2N/c1-8-3-9(5-11(4-8)15(18,19)20)10-6-12(16)14(17)13(7-10)21-2;1-5-2-6(8(10,11)12)4-7(3-5)9(13)14;8-5-1-4(3-11)7(10)6(9)2-5/h3-7H,1H3;2-4,13-14H,1H3;1-2H. The van der Waals surface area contributed by atoms with Crippen LogP contribution in [0.4, 0.5) is 49.6 Å². The van der Waals surface area contributed by atoms with Crippen molar-refractivity contribution in [3.05, 3.63) is 128 Å². The van der Waals surface area contributed by atoms with Crippen molar-refractivity contribution in [3.63, 3.8) is 0 Å². The van der Waals surface area contributed by atoms with E-state index in [-0.39, 0.29) is 22.2 Å². The first kappa shape index (κ1) is 37.8. The highest BCUT2D eigenvalue weighted by atomic mass is 79.9. The van der Waals surface area contributed by atoms with E-state index in [1.165, 1.54) is 38.1 Å². The summed E-state index contributed by atoms with van der Waals surface area (Å²) in [6, 6.07) is 11.7. The summed E-state index contributed by atoms with van der Waals surface area (Å²) >= 11 is 2.93. The van der Waals surface area contributed by atoms with Crippen LogP contribution in [0.2, 0.25) is 0 Å². The third kappa shape index (κ3) is 10.3. The molecule has 0 saturated heterocycles. The topological polar surface area (TPSA) is 68.6 Å². The van der Waals surface area contributed by atoms with Crippen molar-refractivity contribution in [2.24, 2.45) is 0 Å². The molecule has 240 valence electrons. The molecule has 0 heterocycles. The Bertz CT molecular complexity index is 1810. The monoisotopic (exact) mass is 718 g/mol. The summed E-state index contributed by atoms with van der Waals surface area (Å²) < 4.78 is 127. The second-order valence-corrected chi connectivity index (χ2v) is 10.3. The zero-order chi connectivity index (χ0) is 35.1. The van der Waals surface area contributed by atoms with Gasteiger partial charge in [-0.15, -0.1) is 0 Å². The molecule has 0 atom stereocenters. The molecule has 0 aliphatic carbocycles. The molecular weight excluding hydrogens is 701 g/mol. The van der Waals surface area contributed by atoms with Crippen molar-refractivity contribution < 1.29 is 54.0 Å². The molecule has 0 spiro atoms. The Kier molecular flexibility index (Phi) is 12.6. The van der Waals surface area contributed by atoms with Crippen molar-refractivity contribution in [1.82, 2.24) is 0 Å². The molecule has 0 radical (unpaired) electrons. The highest BCUT2D eigenvalue weighted by molar-refractivity contribution is 9.10. The largest absolute Gasteiger partial charge is 0.488 e. The van der Waals surface area contributed by atoms with Gasteiger partial charge in [0, 0.05) is 4.47 Å². The second-order valence-electron chi connectivity index (χ2n) is 9.35. The van der Waals surface area contributed by atoms with Crippen molar-refractivity contribution in [1.29, 1.82) is 5.26 Å². The minimum atomic E-state index is -4.54. The van der Waals surface area contributed by atoms with Crippen LogP contribution in [-0.4, -0.2) is 17.2 Å². The summed E-state index contributed by atoms with van der Waals surface area (Å²) in [6.07, 6.45) is -9.00. The van der Waals surface area contributed by atoms with E-state index in [2.05, 4.69) is 20.8 Å². The number of benzene rings is 4. The Morgan fingerprint density at radius 3 is 1.72 bits per heavy atom. The lowest BCUT2D eigenvalue weighted by Gasteiger charge is -2.11. The van der Waals surface area contributed by atoms with Crippen molar-refractivity contribution in [2.45, 2.75) is 26.2 Å². The summed E-state index contributed by atoms with van der Waals surface area (Å²) in [7, 11) is -1.88. The Balaban J connectivity index is 0.000000256. The Morgan fingerprint density at radius 1 is 0.717 bits per heavy atom. The highest BCUT2D eigenvalue weighted by Gasteiger charge is 2.32. The summed E-state index contributed by atoms with van der Waals surface area (Å²) in [5.74, 6) is -4.70. The van der Waals surface area contributed by atoms with Gasteiger partial charge in [0.1, 0.15) is 11.9 Å². The summed E-state index contributed by atoms with van der Waals surface area (Å²) in [4.78, 5) is 2.82. The molecule has 0 unspecified atom stereocenters. The molecule has 0 amide bonds. The number of hydrogen-bond donors (Lipinski definition) is 2. The maximum atomic E-state index is 13.4. The third-order valence-corrected chi connectivity index (χ3v) is 6.16. The van der Waals surface area contributed by atoms with Crippen LogP contribution in [0.15, 0.2) is 65.1 Å². The fourth-order valence-electron chi connectivity index (χ4n) is 3.70. The Labute approximate surface area is 264 Å². The number of rotatable bonds is 2. The maximum absolute atomic E-state index is 13.4. The van der Waals surface area contributed by atoms with Crippen LogP contribution in [0, 0.1) is 55.0 Å². The third-order valence-electron chi connectivity index (χ3n) is 5.71. The quantitative estimate of drug-likeness (QED) is 0.0943. The number of alkyl halides is 6. The van der Waals surface area contributed by atoms with Gasteiger partial charge in [-0.1, -0.05) is 39.7 Å². The number of hydrogen-bond acceptors (Lipinski definition) is 3. The van der Waals surface area contributed by atoms with Crippen LogP contribution in [0.1, 0.15) is 27.8 Å². The number of nitriles is 1. The molecule has 0 aliphatic rings. The number of nitrogens with zero attached hydrogens (tertiary/aromatic N) is 2. The van der Waals surface area contributed by atoms with E-state index in [0.29, 0.717) is 15.6 Å². The van der Waals surface area contributed by atoms with Crippen LogP contribution in [0.3, 0.4) is 0 Å². The SMILES string of the molecule is Cc1cc(B(O)O)cc(C(F)(F)F)c1.N#Cc1cc(Br)cc(F)c1F.[C-]#[N+]c1cc(-c2cc(C)cc(C(F)(F)F)c2)cc(F)c1F. The van der Waals surface area contributed by atoms with Crippen LogP contribution < -0.4 is 5.46 Å². The molecule has 0 bridgehead atoms. The highest BCUT2D eigenvalue weighted by Crippen LogP contribution is 2.35. The first-order valence-corrected chi connectivity index (χ1v) is 13.1. The molecule has 0 aliphatic heterocycles. The van der Waals surface area contributed by atoms with E-state index < -0.39 is 59.6 Å². The Morgan fingerprint density at radius 2 is 1.22 bits per heavy atom. The average molecular weight is 719 g/mol. The van der Waals surface area contributed by atoms with Gasteiger partial charge in [0.05, 0.1) is 23.3 Å². The average Bonchev–Trinajstić information content (AvgIpc) is 2.95. The smallest absolute Gasteiger partial charge is 0.423 e. The molecule has 0 fully saturated rings. The molecule has 46 heavy (non-hydrogen) atoms. The van der Waals surface area contributed by atoms with Gasteiger partial charge in [0.15, 0.2) is 17.5 Å². The first-order chi connectivity index (χ1) is 21.2. The van der Waals surface area contributed by atoms with E-state index in [9.17, 15) is 43.9 Å². The molecule has 4 nitrogen and oxygen atoms in total. The minimum absolute atomic E-state index is 0.0223. The van der Waals surface area contributed by atoms with E-state index >= 15 is 0 Å². The van der Waals surface area contributed by atoms with Crippen LogP contribution >= 0.6 is 15.9 Å². The van der Waals surface area contributed by atoms with Gasteiger partial charge < -0.3 is 10.0 Å². The molecule has 4 aromatic rings. The molecule has 0 aromatic heterocycles. The lowest BCUT2D eigenvalue weighted by Crippen LogP contribution is -2.31. The van der Waals surface area contributed by atoms with Gasteiger partial charge in [-0.3, -0.25) is 0 Å². The van der Waals surface area contributed by atoms with E-state index in [1.807, 2.05) is 0 Å². The van der Waals surface area contributed by atoms with Gasteiger partial charge in [0.25, 0.3) is 0 Å². The zero-order valence-electron chi connectivity index (χ0n) is 23.3. The minimum Gasteiger partial charge on any atom is -0.423 e. The van der Waals surface area contributed by atoms with Crippen molar-refractivity contribution >= 4 is 34.2 Å². The number of aryl methyl sites for hydroxylation is 2. The van der Waals surface area contributed by atoms with Gasteiger partial charge in [-0.25, -0.2) is 22.4 Å². The molecule has 16 heteroatoms. The molecule has 4 rings (SSSR count). The predicted octanol–water partition coefficient (Wildman–Crippen LogP) is 8.80. The molecule has 4 aromatic carbocycles. The summed E-state index contributed by atoms with van der Waals surface area (Å²) in [5.41, 5.74) is -2.02. The van der Waals surface area contributed by atoms with Crippen LogP contribution in [0.5, 0.6) is 0 Å². The normalized spacial score (nSPS) is 10.9. The second kappa shape index (κ2) is 15.3. The lowest BCUT2D eigenvalue weighted by molar-refractivity contribution is -0.138. The fourth-order valence-corrected chi connectivity index (χ4v) is 4.13. The van der Waals surface area contributed by atoms with E-state index in [4.69, 9.17) is 21.9 Å². The van der Waals surface area contributed by atoms with E-state index in [1.54, 1.807) is 0 Å². The molecule has 0 saturated carbocycles. The number of halogens is 11. The lowest BCUT2D eigenvalue weighted by atomic mass is 9.78. The van der Waals surface area contributed by atoms with Crippen molar-refractivity contribution in [2.75, 3.05) is 0 Å². The summed E-state index contributed by atoms with van der Waals surface area (Å²) in [5, 5.41) is 25.7. The maximum Gasteiger partial charge on any atom is 0.488 e. The van der Waals surface area contributed by atoms with E-state index in [0.717, 1.165) is 42.5 Å². The van der Waals surface area contributed by atoms with Crippen LogP contribution in [-0.2, 0) is 12.4 Å². The predicted molar refractivity (Wildman–Crippen MR) is 153 cm³/mol. The van der Waals surface area contributed by atoms with Gasteiger partial charge in [0.2, 0.25) is 5.69 Å². The molecular formula is C30H18BBrF10N2O2. The Hall–Kier alpha value is -4.38. The zero-order valence-corrected chi connectivity index (χ0v) is 24.9. The summed E-state index contributed by atoms with van der Waals surface area (Å²) in [6.45, 7) is 9.69.